The molecule has 5 heteroatoms. The molecular weight excluding hydrogens is 390 g/mol. The zero-order valence-electron chi connectivity index (χ0n) is 14.0. The largest absolute Gasteiger partial charge is 0.480 e. The standard InChI is InChI=1S/C19H20BrNO2.ClH/c1-11-7-12(2)15(13(3)8-11)9-21-10-16-14(18(21)19(22)23)5-4-6-17(16)20;/h4-8,18H,9-10H2,1-3H3,(H,22,23);1H. The van der Waals surface area contributed by atoms with E-state index >= 15 is 0 Å². The highest BCUT2D eigenvalue weighted by atomic mass is 79.9. The molecule has 128 valence electrons. The molecule has 0 spiro atoms. The molecule has 0 aromatic heterocycles. The first-order chi connectivity index (χ1) is 10.9. The van der Waals surface area contributed by atoms with E-state index in [9.17, 15) is 9.90 Å². The van der Waals surface area contributed by atoms with Gasteiger partial charge in [-0.2, -0.15) is 0 Å². The van der Waals surface area contributed by atoms with E-state index in [4.69, 9.17) is 0 Å². The quantitative estimate of drug-likeness (QED) is 0.779. The Bertz CT molecular complexity index is 768. The lowest BCUT2D eigenvalue weighted by Gasteiger charge is -2.24. The minimum absolute atomic E-state index is 0. The Balaban J connectivity index is 0.00000208. The van der Waals surface area contributed by atoms with Crippen molar-refractivity contribution in [3.8, 4) is 0 Å². The summed E-state index contributed by atoms with van der Waals surface area (Å²) in [6.45, 7) is 7.59. The van der Waals surface area contributed by atoms with Crippen molar-refractivity contribution in [2.75, 3.05) is 0 Å². The molecule has 0 fully saturated rings. The Kier molecular flexibility index (Phi) is 5.74. The van der Waals surface area contributed by atoms with E-state index in [1.165, 1.54) is 22.3 Å². The number of aryl methyl sites for hydroxylation is 3. The van der Waals surface area contributed by atoms with Crippen LogP contribution in [-0.4, -0.2) is 16.0 Å². The fourth-order valence-electron chi connectivity index (χ4n) is 3.59. The summed E-state index contributed by atoms with van der Waals surface area (Å²) in [6, 6.07) is 9.55. The molecule has 1 aliphatic rings. The van der Waals surface area contributed by atoms with Crippen LogP contribution in [0.25, 0.3) is 0 Å². The van der Waals surface area contributed by atoms with Crippen molar-refractivity contribution in [1.82, 2.24) is 4.90 Å². The van der Waals surface area contributed by atoms with E-state index in [-0.39, 0.29) is 12.4 Å². The summed E-state index contributed by atoms with van der Waals surface area (Å²) in [4.78, 5) is 13.9. The maximum absolute atomic E-state index is 11.8. The first-order valence-electron chi connectivity index (χ1n) is 7.69. The SMILES string of the molecule is Cc1cc(C)c(CN2Cc3c(Br)cccc3C2C(=O)O)c(C)c1.Cl. The lowest BCUT2D eigenvalue weighted by atomic mass is 9.99. The lowest BCUT2D eigenvalue weighted by Crippen LogP contribution is -2.28. The topological polar surface area (TPSA) is 40.5 Å². The van der Waals surface area contributed by atoms with Gasteiger partial charge >= 0.3 is 5.97 Å². The second-order valence-electron chi connectivity index (χ2n) is 6.33. The molecule has 3 rings (SSSR count). The van der Waals surface area contributed by atoms with Crippen LogP contribution in [0.4, 0.5) is 0 Å². The zero-order valence-corrected chi connectivity index (χ0v) is 16.4. The third-order valence-corrected chi connectivity index (χ3v) is 5.35. The van der Waals surface area contributed by atoms with Gasteiger partial charge in [-0.15, -0.1) is 12.4 Å². The molecule has 0 radical (unpaired) electrons. The van der Waals surface area contributed by atoms with Crippen LogP contribution in [0.5, 0.6) is 0 Å². The molecule has 1 unspecified atom stereocenters. The smallest absolute Gasteiger partial charge is 0.325 e. The molecule has 0 saturated heterocycles. The van der Waals surface area contributed by atoms with Gasteiger partial charge < -0.3 is 5.11 Å². The number of carboxylic acids is 1. The molecule has 2 aromatic carbocycles. The highest BCUT2D eigenvalue weighted by molar-refractivity contribution is 9.10. The molecule has 1 aliphatic heterocycles. The normalized spacial score (nSPS) is 16.6. The summed E-state index contributed by atoms with van der Waals surface area (Å²) in [5, 5.41) is 9.73. The predicted molar refractivity (Wildman–Crippen MR) is 102 cm³/mol. The van der Waals surface area contributed by atoms with Gasteiger partial charge in [0, 0.05) is 17.6 Å². The third kappa shape index (κ3) is 3.37. The molecule has 0 aliphatic carbocycles. The maximum Gasteiger partial charge on any atom is 0.325 e. The van der Waals surface area contributed by atoms with Gasteiger partial charge in [0.1, 0.15) is 6.04 Å². The number of rotatable bonds is 3. The Labute approximate surface area is 157 Å². The number of hydrogen-bond acceptors (Lipinski definition) is 2. The van der Waals surface area contributed by atoms with E-state index in [0.29, 0.717) is 13.1 Å². The van der Waals surface area contributed by atoms with Crippen molar-refractivity contribution in [3.63, 3.8) is 0 Å². The Morgan fingerprint density at radius 1 is 1.25 bits per heavy atom. The van der Waals surface area contributed by atoms with Gasteiger partial charge in [0.05, 0.1) is 0 Å². The van der Waals surface area contributed by atoms with E-state index in [2.05, 4.69) is 48.8 Å². The Morgan fingerprint density at radius 3 is 2.46 bits per heavy atom. The second kappa shape index (κ2) is 7.26. The average molecular weight is 411 g/mol. The molecular formula is C19H21BrClNO2. The fourth-order valence-corrected chi connectivity index (χ4v) is 4.10. The minimum Gasteiger partial charge on any atom is -0.480 e. The summed E-state index contributed by atoms with van der Waals surface area (Å²) in [5.74, 6) is -0.788. The molecule has 0 saturated carbocycles. The maximum atomic E-state index is 11.8. The van der Waals surface area contributed by atoms with Crippen LogP contribution < -0.4 is 0 Å². The number of fused-ring (bicyclic) bond motifs is 1. The number of nitrogens with zero attached hydrogens (tertiary/aromatic N) is 1. The molecule has 1 N–H and O–H groups in total. The highest BCUT2D eigenvalue weighted by Crippen LogP contribution is 2.39. The summed E-state index contributed by atoms with van der Waals surface area (Å²) >= 11 is 3.56. The number of hydrogen-bond donors (Lipinski definition) is 1. The van der Waals surface area contributed by atoms with Gasteiger partial charge in [-0.1, -0.05) is 45.8 Å². The summed E-state index contributed by atoms with van der Waals surface area (Å²) in [6.07, 6.45) is 0. The molecule has 3 nitrogen and oxygen atoms in total. The Morgan fingerprint density at radius 2 is 1.88 bits per heavy atom. The number of carboxylic acid groups (broad SMARTS) is 1. The number of benzene rings is 2. The number of halogens is 2. The zero-order chi connectivity index (χ0) is 16.7. The van der Waals surface area contributed by atoms with Gasteiger partial charge in [0.25, 0.3) is 0 Å². The molecule has 2 aromatic rings. The monoisotopic (exact) mass is 409 g/mol. The van der Waals surface area contributed by atoms with E-state index in [1.807, 2.05) is 23.1 Å². The van der Waals surface area contributed by atoms with Crippen LogP contribution >= 0.6 is 28.3 Å². The summed E-state index contributed by atoms with van der Waals surface area (Å²) in [5.41, 5.74) is 6.90. The molecule has 1 atom stereocenters. The Hall–Kier alpha value is -1.36. The summed E-state index contributed by atoms with van der Waals surface area (Å²) in [7, 11) is 0. The van der Waals surface area contributed by atoms with Crippen LogP contribution in [-0.2, 0) is 17.9 Å². The van der Waals surface area contributed by atoms with E-state index in [1.54, 1.807) is 0 Å². The molecule has 1 heterocycles. The van der Waals surface area contributed by atoms with E-state index in [0.717, 1.165) is 15.6 Å². The number of carbonyl (C=O) groups is 1. The fraction of sp³-hybridized carbons (Fsp3) is 0.316. The van der Waals surface area contributed by atoms with Crippen LogP contribution in [0.1, 0.15) is 39.4 Å². The van der Waals surface area contributed by atoms with E-state index < -0.39 is 12.0 Å². The van der Waals surface area contributed by atoms with Crippen molar-refractivity contribution in [2.24, 2.45) is 0 Å². The number of aliphatic carboxylic acids is 1. The van der Waals surface area contributed by atoms with Gasteiger partial charge in [-0.3, -0.25) is 9.69 Å². The van der Waals surface area contributed by atoms with Gasteiger partial charge in [-0.05, 0) is 54.7 Å². The predicted octanol–water partition coefficient (Wildman–Crippen LogP) is 4.94. The molecule has 0 amide bonds. The van der Waals surface area contributed by atoms with Crippen LogP contribution in [0, 0.1) is 20.8 Å². The van der Waals surface area contributed by atoms with Crippen LogP contribution in [0.15, 0.2) is 34.8 Å². The second-order valence-corrected chi connectivity index (χ2v) is 7.18. The average Bonchev–Trinajstić information content (AvgIpc) is 2.82. The molecule has 24 heavy (non-hydrogen) atoms. The highest BCUT2D eigenvalue weighted by Gasteiger charge is 2.36. The van der Waals surface area contributed by atoms with Crippen molar-refractivity contribution >= 4 is 34.3 Å². The lowest BCUT2D eigenvalue weighted by molar-refractivity contribution is -0.143. The third-order valence-electron chi connectivity index (χ3n) is 4.61. The van der Waals surface area contributed by atoms with Crippen LogP contribution in [0.2, 0.25) is 0 Å². The first kappa shape index (κ1) is 19.0. The van der Waals surface area contributed by atoms with Gasteiger partial charge in [0.2, 0.25) is 0 Å². The van der Waals surface area contributed by atoms with Gasteiger partial charge in [-0.25, -0.2) is 0 Å². The first-order valence-corrected chi connectivity index (χ1v) is 8.48. The van der Waals surface area contributed by atoms with Crippen molar-refractivity contribution in [1.29, 1.82) is 0 Å². The van der Waals surface area contributed by atoms with Crippen molar-refractivity contribution in [3.05, 3.63) is 68.2 Å². The summed E-state index contributed by atoms with van der Waals surface area (Å²) < 4.78 is 0.987. The minimum atomic E-state index is -0.788. The van der Waals surface area contributed by atoms with Crippen molar-refractivity contribution in [2.45, 2.75) is 39.9 Å². The molecule has 0 bridgehead atoms. The van der Waals surface area contributed by atoms with Crippen LogP contribution in [0.3, 0.4) is 0 Å². The van der Waals surface area contributed by atoms with Gasteiger partial charge in [0.15, 0.2) is 0 Å². The van der Waals surface area contributed by atoms with Crippen molar-refractivity contribution < 1.29 is 9.90 Å².